The van der Waals surface area contributed by atoms with E-state index in [-0.39, 0.29) is 17.0 Å². The first-order valence-electron chi connectivity index (χ1n) is 10.8. The molecular weight excluding hydrogens is 446 g/mol. The minimum atomic E-state index is -3.70. The molecule has 2 N–H and O–H groups in total. The van der Waals surface area contributed by atoms with E-state index in [0.717, 1.165) is 30.8 Å². The molecule has 1 heterocycles. The minimum absolute atomic E-state index is 0.0415. The highest BCUT2D eigenvalue weighted by Gasteiger charge is 2.17. The van der Waals surface area contributed by atoms with Crippen LogP contribution in [-0.2, 0) is 37.4 Å². The zero-order valence-corrected chi connectivity index (χ0v) is 19.4. The molecule has 0 radical (unpaired) electrons. The molecule has 0 aromatic heterocycles. The molecule has 1 amide bonds. The van der Waals surface area contributed by atoms with Gasteiger partial charge in [0.25, 0.3) is 5.91 Å². The van der Waals surface area contributed by atoms with Crippen molar-refractivity contribution in [3.63, 3.8) is 0 Å². The molecule has 0 aliphatic carbocycles. The minimum Gasteiger partial charge on any atom is -0.452 e. The summed E-state index contributed by atoms with van der Waals surface area (Å²) in [5.74, 6) is -1.22. The normalized spacial score (nSPS) is 14.6. The number of nitrogens with zero attached hydrogens (tertiary/aromatic N) is 1. The number of sulfonamides is 1. The van der Waals surface area contributed by atoms with Crippen LogP contribution in [0.2, 0.25) is 0 Å². The fraction of sp³-hybridized carbons (Fsp3) is 0.391. The van der Waals surface area contributed by atoms with E-state index < -0.39 is 28.5 Å². The van der Waals surface area contributed by atoms with Crippen LogP contribution in [0.15, 0.2) is 53.4 Å². The summed E-state index contributed by atoms with van der Waals surface area (Å²) in [6.07, 6.45) is 0. The van der Waals surface area contributed by atoms with E-state index in [9.17, 15) is 18.0 Å². The van der Waals surface area contributed by atoms with Crippen LogP contribution < -0.4 is 10.0 Å². The molecule has 0 atom stereocenters. The summed E-state index contributed by atoms with van der Waals surface area (Å²) in [5.41, 5.74) is 2.16. The second kappa shape index (κ2) is 11.9. The number of amides is 1. The highest BCUT2D eigenvalue weighted by Crippen LogP contribution is 2.14. The maximum Gasteiger partial charge on any atom is 0.338 e. The molecule has 1 saturated heterocycles. The number of hydrogen-bond acceptors (Lipinski definition) is 7. The lowest BCUT2D eigenvalue weighted by Crippen LogP contribution is -2.36. The van der Waals surface area contributed by atoms with Crippen molar-refractivity contribution < 1.29 is 27.5 Å². The third-order valence-electron chi connectivity index (χ3n) is 5.14. The zero-order valence-electron chi connectivity index (χ0n) is 18.6. The van der Waals surface area contributed by atoms with Gasteiger partial charge in [-0.05, 0) is 29.3 Å². The fourth-order valence-corrected chi connectivity index (χ4v) is 4.49. The van der Waals surface area contributed by atoms with Crippen molar-refractivity contribution in [1.29, 1.82) is 0 Å². The highest BCUT2D eigenvalue weighted by molar-refractivity contribution is 7.89. The lowest BCUT2D eigenvalue weighted by molar-refractivity contribution is -0.124. The molecule has 1 fully saturated rings. The van der Waals surface area contributed by atoms with Crippen molar-refractivity contribution in [2.75, 3.05) is 39.5 Å². The van der Waals surface area contributed by atoms with Gasteiger partial charge in [0, 0.05) is 32.7 Å². The summed E-state index contributed by atoms with van der Waals surface area (Å²) in [7, 11) is -3.70. The molecule has 33 heavy (non-hydrogen) atoms. The number of nitrogens with one attached hydrogen (secondary N) is 2. The summed E-state index contributed by atoms with van der Waals surface area (Å²) < 4.78 is 37.0. The number of esters is 1. The second-order valence-electron chi connectivity index (χ2n) is 7.54. The number of rotatable bonds is 10. The summed E-state index contributed by atoms with van der Waals surface area (Å²) in [5, 5.41) is 2.77. The van der Waals surface area contributed by atoms with Crippen LogP contribution in [-0.4, -0.2) is 64.6 Å². The summed E-state index contributed by atoms with van der Waals surface area (Å²) in [6, 6.07) is 13.4. The molecule has 10 heteroatoms. The highest BCUT2D eigenvalue weighted by atomic mass is 32.2. The van der Waals surface area contributed by atoms with Crippen LogP contribution in [0.25, 0.3) is 0 Å². The topological polar surface area (TPSA) is 114 Å². The average Bonchev–Trinajstić information content (AvgIpc) is 2.82. The molecular formula is C23H29N3O6S. The maximum absolute atomic E-state index is 12.3. The smallest absolute Gasteiger partial charge is 0.338 e. The Kier molecular flexibility index (Phi) is 8.95. The number of benzene rings is 2. The lowest BCUT2D eigenvalue weighted by atomic mass is 10.1. The number of hydrogen-bond donors (Lipinski definition) is 2. The summed E-state index contributed by atoms with van der Waals surface area (Å²) in [6.45, 7) is 5.68. The van der Waals surface area contributed by atoms with Gasteiger partial charge in [0.1, 0.15) is 0 Å². The SMILES string of the molecule is CCNS(=O)(=O)c1cccc(C(=O)OCC(=O)NCc2ccccc2CN2CCOCC2)c1. The van der Waals surface area contributed by atoms with Gasteiger partial charge in [0.15, 0.2) is 6.61 Å². The first kappa shape index (κ1) is 24.8. The molecule has 9 nitrogen and oxygen atoms in total. The molecule has 0 bridgehead atoms. The van der Waals surface area contributed by atoms with Crippen molar-refractivity contribution in [2.45, 2.75) is 24.9 Å². The Balaban J connectivity index is 1.52. The lowest BCUT2D eigenvalue weighted by Gasteiger charge is -2.27. The molecule has 178 valence electrons. The Bertz CT molecular complexity index is 1070. The van der Waals surface area contributed by atoms with Crippen LogP contribution in [0.1, 0.15) is 28.4 Å². The van der Waals surface area contributed by atoms with E-state index in [1.54, 1.807) is 6.92 Å². The molecule has 0 spiro atoms. The van der Waals surface area contributed by atoms with Gasteiger partial charge in [0.05, 0.1) is 23.7 Å². The number of carbonyl (C=O) groups excluding carboxylic acids is 2. The van der Waals surface area contributed by atoms with Gasteiger partial charge in [0.2, 0.25) is 10.0 Å². The number of morpholine rings is 1. The van der Waals surface area contributed by atoms with Crippen LogP contribution in [0.3, 0.4) is 0 Å². The van der Waals surface area contributed by atoms with Gasteiger partial charge in [-0.15, -0.1) is 0 Å². The Morgan fingerprint density at radius 3 is 2.52 bits per heavy atom. The molecule has 1 aliphatic rings. The zero-order chi connectivity index (χ0) is 23.7. The Morgan fingerprint density at radius 2 is 1.79 bits per heavy atom. The van der Waals surface area contributed by atoms with Crippen LogP contribution in [0.5, 0.6) is 0 Å². The third-order valence-corrected chi connectivity index (χ3v) is 6.68. The van der Waals surface area contributed by atoms with E-state index in [1.807, 2.05) is 24.3 Å². The Labute approximate surface area is 194 Å². The molecule has 1 aliphatic heterocycles. The van der Waals surface area contributed by atoms with Crippen LogP contribution in [0, 0.1) is 0 Å². The van der Waals surface area contributed by atoms with Crippen molar-refractivity contribution in [1.82, 2.24) is 14.9 Å². The van der Waals surface area contributed by atoms with E-state index in [1.165, 1.54) is 24.3 Å². The second-order valence-corrected chi connectivity index (χ2v) is 9.31. The predicted octanol–water partition coefficient (Wildman–Crippen LogP) is 1.29. The maximum atomic E-state index is 12.3. The van der Waals surface area contributed by atoms with Gasteiger partial charge >= 0.3 is 5.97 Å². The largest absolute Gasteiger partial charge is 0.452 e. The molecule has 2 aromatic carbocycles. The van der Waals surface area contributed by atoms with Crippen molar-refractivity contribution in [2.24, 2.45) is 0 Å². The standard InChI is InChI=1S/C23H29N3O6S/c1-2-25-33(29,30)21-9-5-8-18(14-21)23(28)32-17-22(27)24-15-19-6-3-4-7-20(19)16-26-10-12-31-13-11-26/h3-9,14,25H,2,10-13,15-17H2,1H3,(H,24,27). The van der Waals surface area contributed by atoms with Crippen molar-refractivity contribution >= 4 is 21.9 Å². The van der Waals surface area contributed by atoms with Crippen molar-refractivity contribution in [3.8, 4) is 0 Å². The van der Waals surface area contributed by atoms with Gasteiger partial charge in [-0.2, -0.15) is 0 Å². The van der Waals surface area contributed by atoms with Gasteiger partial charge < -0.3 is 14.8 Å². The Morgan fingerprint density at radius 1 is 1.06 bits per heavy atom. The predicted molar refractivity (Wildman–Crippen MR) is 122 cm³/mol. The molecule has 0 saturated carbocycles. The quantitative estimate of drug-likeness (QED) is 0.498. The fourth-order valence-electron chi connectivity index (χ4n) is 3.41. The van der Waals surface area contributed by atoms with Crippen LogP contribution in [0.4, 0.5) is 0 Å². The number of ether oxygens (including phenoxy) is 2. The van der Waals surface area contributed by atoms with Gasteiger partial charge in [-0.3, -0.25) is 9.69 Å². The summed E-state index contributed by atoms with van der Waals surface area (Å²) >= 11 is 0. The average molecular weight is 476 g/mol. The van der Waals surface area contributed by atoms with Gasteiger partial charge in [-0.1, -0.05) is 37.3 Å². The van der Waals surface area contributed by atoms with E-state index >= 15 is 0 Å². The number of carbonyl (C=O) groups is 2. The molecule has 2 aromatic rings. The van der Waals surface area contributed by atoms with Gasteiger partial charge in [-0.25, -0.2) is 17.9 Å². The first-order chi connectivity index (χ1) is 15.9. The van der Waals surface area contributed by atoms with E-state index in [2.05, 4.69) is 14.9 Å². The first-order valence-corrected chi connectivity index (χ1v) is 12.3. The Hall–Kier alpha value is -2.79. The monoisotopic (exact) mass is 475 g/mol. The van der Waals surface area contributed by atoms with E-state index in [0.29, 0.717) is 19.8 Å². The third kappa shape index (κ3) is 7.36. The molecule has 0 unspecified atom stereocenters. The molecule has 3 rings (SSSR count). The van der Waals surface area contributed by atoms with E-state index in [4.69, 9.17) is 9.47 Å². The van der Waals surface area contributed by atoms with Crippen molar-refractivity contribution in [3.05, 3.63) is 65.2 Å². The van der Waals surface area contributed by atoms with Crippen LogP contribution >= 0.6 is 0 Å². The summed E-state index contributed by atoms with van der Waals surface area (Å²) in [4.78, 5) is 26.8.